The minimum absolute atomic E-state index is 0.0513. The second-order valence-corrected chi connectivity index (χ2v) is 7.15. The molecule has 0 spiro atoms. The van der Waals surface area contributed by atoms with Gasteiger partial charge in [0, 0.05) is 13.0 Å². The first-order valence-corrected chi connectivity index (χ1v) is 8.01. The van der Waals surface area contributed by atoms with Crippen molar-refractivity contribution >= 4 is 0 Å². The van der Waals surface area contributed by atoms with Crippen molar-refractivity contribution in [1.82, 2.24) is 4.90 Å². The van der Waals surface area contributed by atoms with E-state index in [1.54, 1.807) is 0 Å². The Labute approximate surface area is 118 Å². The number of likely N-dealkylation sites (tertiary alicyclic amines) is 1. The number of ether oxygens (including phenoxy) is 2. The van der Waals surface area contributed by atoms with E-state index < -0.39 is 0 Å². The van der Waals surface area contributed by atoms with Gasteiger partial charge in [-0.15, -0.1) is 0 Å². The Kier molecular flexibility index (Phi) is 5.67. The third kappa shape index (κ3) is 5.05. The molecular formula is C16H31NO2. The fourth-order valence-corrected chi connectivity index (χ4v) is 3.24. The van der Waals surface area contributed by atoms with Crippen LogP contribution >= 0.6 is 0 Å². The van der Waals surface area contributed by atoms with Crippen molar-refractivity contribution in [2.45, 2.75) is 59.2 Å². The summed E-state index contributed by atoms with van der Waals surface area (Å²) in [4.78, 5) is 2.60. The molecule has 0 radical (unpaired) electrons. The van der Waals surface area contributed by atoms with E-state index in [-0.39, 0.29) is 6.29 Å². The Balaban J connectivity index is 1.70. The van der Waals surface area contributed by atoms with Crippen LogP contribution in [0.5, 0.6) is 0 Å². The zero-order chi connectivity index (χ0) is 13.7. The molecule has 2 fully saturated rings. The molecule has 2 aliphatic rings. The molecule has 0 saturated carbocycles. The third-order valence-electron chi connectivity index (χ3n) is 4.62. The molecule has 0 aromatic carbocycles. The highest BCUT2D eigenvalue weighted by molar-refractivity contribution is 4.79. The first-order chi connectivity index (χ1) is 9.05. The molecule has 0 amide bonds. The molecule has 112 valence electrons. The molecule has 0 aliphatic carbocycles. The van der Waals surface area contributed by atoms with Gasteiger partial charge in [-0.25, -0.2) is 0 Å². The average Bonchev–Trinajstić information content (AvgIpc) is 2.62. The smallest absolute Gasteiger partial charge is 0.158 e. The first kappa shape index (κ1) is 15.3. The zero-order valence-electron chi connectivity index (χ0n) is 13.0. The van der Waals surface area contributed by atoms with Gasteiger partial charge in [-0.1, -0.05) is 20.8 Å². The van der Waals surface area contributed by atoms with Crippen molar-refractivity contribution in [2.24, 2.45) is 11.3 Å². The molecule has 0 bridgehead atoms. The second-order valence-electron chi connectivity index (χ2n) is 7.15. The Morgan fingerprint density at radius 1 is 1.00 bits per heavy atom. The van der Waals surface area contributed by atoms with E-state index in [1.165, 1.54) is 32.4 Å². The van der Waals surface area contributed by atoms with Crippen LogP contribution in [0.3, 0.4) is 0 Å². The van der Waals surface area contributed by atoms with Crippen molar-refractivity contribution in [3.63, 3.8) is 0 Å². The molecule has 0 aromatic rings. The molecule has 2 rings (SSSR count). The quantitative estimate of drug-likeness (QED) is 0.785. The summed E-state index contributed by atoms with van der Waals surface area (Å²) in [7, 11) is 0. The summed E-state index contributed by atoms with van der Waals surface area (Å²) >= 11 is 0. The zero-order valence-corrected chi connectivity index (χ0v) is 13.0. The molecule has 2 heterocycles. The molecule has 3 heteroatoms. The van der Waals surface area contributed by atoms with E-state index in [0.717, 1.165) is 38.5 Å². The predicted octanol–water partition coefficient (Wildman–Crippen LogP) is 3.29. The first-order valence-electron chi connectivity index (χ1n) is 8.01. The van der Waals surface area contributed by atoms with Gasteiger partial charge in [0.25, 0.3) is 0 Å². The Morgan fingerprint density at radius 3 is 2.42 bits per heavy atom. The van der Waals surface area contributed by atoms with Crippen LogP contribution in [0.1, 0.15) is 52.9 Å². The number of nitrogens with zero attached hydrogens (tertiary/aromatic N) is 1. The Bertz CT molecular complexity index is 256. The number of hydrogen-bond acceptors (Lipinski definition) is 3. The van der Waals surface area contributed by atoms with Crippen LogP contribution in [0.25, 0.3) is 0 Å². The SMILES string of the molecule is CC(C)(C)C1CCCN(CCC2OCCCO2)CC1. The number of hydrogen-bond donors (Lipinski definition) is 0. The minimum Gasteiger partial charge on any atom is -0.353 e. The highest BCUT2D eigenvalue weighted by Crippen LogP contribution is 2.34. The van der Waals surface area contributed by atoms with Gasteiger partial charge in [-0.2, -0.15) is 0 Å². The lowest BCUT2D eigenvalue weighted by molar-refractivity contribution is -0.182. The predicted molar refractivity (Wildman–Crippen MR) is 78.2 cm³/mol. The molecule has 2 aliphatic heterocycles. The largest absolute Gasteiger partial charge is 0.353 e. The van der Waals surface area contributed by atoms with E-state index in [2.05, 4.69) is 25.7 Å². The third-order valence-corrected chi connectivity index (χ3v) is 4.62. The van der Waals surface area contributed by atoms with Crippen LogP contribution < -0.4 is 0 Å². The molecular weight excluding hydrogens is 238 g/mol. The molecule has 2 saturated heterocycles. The lowest BCUT2D eigenvalue weighted by Gasteiger charge is -2.30. The summed E-state index contributed by atoms with van der Waals surface area (Å²) in [6, 6.07) is 0. The fraction of sp³-hybridized carbons (Fsp3) is 1.00. The van der Waals surface area contributed by atoms with Crippen LogP contribution in [0, 0.1) is 11.3 Å². The maximum atomic E-state index is 5.63. The van der Waals surface area contributed by atoms with E-state index in [0.29, 0.717) is 5.41 Å². The van der Waals surface area contributed by atoms with Crippen LogP contribution in [0.15, 0.2) is 0 Å². The molecule has 1 atom stereocenters. The van der Waals surface area contributed by atoms with Crippen molar-refractivity contribution < 1.29 is 9.47 Å². The van der Waals surface area contributed by atoms with Crippen molar-refractivity contribution in [3.8, 4) is 0 Å². The minimum atomic E-state index is 0.0513. The standard InChI is InChI=1S/C16H31NO2/c1-16(2,3)14-6-4-9-17(10-7-14)11-8-15-18-12-5-13-19-15/h14-15H,4-13H2,1-3H3. The van der Waals surface area contributed by atoms with Gasteiger partial charge < -0.3 is 14.4 Å². The summed E-state index contributed by atoms with van der Waals surface area (Å²) < 4.78 is 11.3. The molecule has 1 unspecified atom stereocenters. The van der Waals surface area contributed by atoms with Gasteiger partial charge >= 0.3 is 0 Å². The maximum Gasteiger partial charge on any atom is 0.158 e. The maximum absolute atomic E-state index is 5.63. The Hall–Kier alpha value is -0.120. The van der Waals surface area contributed by atoms with E-state index in [4.69, 9.17) is 9.47 Å². The van der Waals surface area contributed by atoms with E-state index >= 15 is 0 Å². The van der Waals surface area contributed by atoms with Crippen LogP contribution in [-0.4, -0.2) is 44.0 Å². The van der Waals surface area contributed by atoms with Crippen LogP contribution in [-0.2, 0) is 9.47 Å². The lowest BCUT2D eigenvalue weighted by atomic mass is 9.77. The van der Waals surface area contributed by atoms with Gasteiger partial charge in [-0.05, 0) is 50.1 Å². The topological polar surface area (TPSA) is 21.7 Å². The number of rotatable bonds is 3. The van der Waals surface area contributed by atoms with Gasteiger partial charge in [0.15, 0.2) is 6.29 Å². The van der Waals surface area contributed by atoms with E-state index in [1.807, 2.05) is 0 Å². The van der Waals surface area contributed by atoms with Gasteiger partial charge in [0.2, 0.25) is 0 Å². The highest BCUT2D eigenvalue weighted by Gasteiger charge is 2.27. The van der Waals surface area contributed by atoms with Crippen LogP contribution in [0.2, 0.25) is 0 Å². The normalized spacial score (nSPS) is 28.3. The summed E-state index contributed by atoms with van der Waals surface area (Å²) in [5.74, 6) is 0.875. The van der Waals surface area contributed by atoms with E-state index in [9.17, 15) is 0 Å². The Morgan fingerprint density at radius 2 is 1.74 bits per heavy atom. The van der Waals surface area contributed by atoms with Crippen molar-refractivity contribution in [3.05, 3.63) is 0 Å². The molecule has 19 heavy (non-hydrogen) atoms. The second kappa shape index (κ2) is 7.05. The summed E-state index contributed by atoms with van der Waals surface area (Å²) in [6.07, 6.45) is 6.20. The summed E-state index contributed by atoms with van der Waals surface area (Å²) in [5, 5.41) is 0. The molecule has 3 nitrogen and oxygen atoms in total. The van der Waals surface area contributed by atoms with Gasteiger partial charge in [0.05, 0.1) is 13.2 Å². The summed E-state index contributed by atoms with van der Waals surface area (Å²) in [6.45, 7) is 12.5. The molecule has 0 N–H and O–H groups in total. The lowest BCUT2D eigenvalue weighted by Crippen LogP contribution is -2.32. The fourth-order valence-electron chi connectivity index (χ4n) is 3.24. The molecule has 0 aromatic heterocycles. The van der Waals surface area contributed by atoms with Crippen molar-refractivity contribution in [2.75, 3.05) is 32.8 Å². The van der Waals surface area contributed by atoms with Crippen molar-refractivity contribution in [1.29, 1.82) is 0 Å². The highest BCUT2D eigenvalue weighted by atomic mass is 16.7. The van der Waals surface area contributed by atoms with Gasteiger partial charge in [0.1, 0.15) is 0 Å². The monoisotopic (exact) mass is 269 g/mol. The average molecular weight is 269 g/mol. The summed E-state index contributed by atoms with van der Waals surface area (Å²) in [5.41, 5.74) is 0.464. The van der Waals surface area contributed by atoms with Gasteiger partial charge in [-0.3, -0.25) is 0 Å². The van der Waals surface area contributed by atoms with Crippen LogP contribution in [0.4, 0.5) is 0 Å².